The zero-order chi connectivity index (χ0) is 12.2. The minimum Gasteiger partial charge on any atom is -0.450 e. The molecule has 2 N–H and O–H groups in total. The van der Waals surface area contributed by atoms with Gasteiger partial charge in [0.05, 0.1) is 6.61 Å². The van der Waals surface area contributed by atoms with E-state index in [2.05, 4.69) is 24.5 Å². The summed E-state index contributed by atoms with van der Waals surface area (Å²) in [6.07, 6.45) is 4.70. The number of carbonyl (C=O) groups excluding carboxylic acids is 1. The van der Waals surface area contributed by atoms with Gasteiger partial charge in [-0.3, -0.25) is 0 Å². The van der Waals surface area contributed by atoms with Crippen molar-refractivity contribution in [2.75, 3.05) is 19.7 Å². The van der Waals surface area contributed by atoms with Crippen molar-refractivity contribution in [2.45, 2.75) is 52.5 Å². The number of amides is 1. The predicted octanol–water partition coefficient (Wildman–Crippen LogP) is 2.29. The monoisotopic (exact) mass is 230 g/mol. The van der Waals surface area contributed by atoms with Gasteiger partial charge in [-0.05, 0) is 20.3 Å². The van der Waals surface area contributed by atoms with Crippen LogP contribution in [0.1, 0.15) is 46.5 Å². The summed E-state index contributed by atoms with van der Waals surface area (Å²) in [6, 6.07) is 0.524. The molecule has 0 aliphatic carbocycles. The maximum Gasteiger partial charge on any atom is 0.407 e. The average Bonchev–Trinajstić information content (AvgIpc) is 2.25. The number of alkyl carbamates (subject to hydrolysis) is 1. The Morgan fingerprint density at radius 3 is 2.62 bits per heavy atom. The molecule has 0 aromatic rings. The van der Waals surface area contributed by atoms with Crippen LogP contribution in [0.4, 0.5) is 4.79 Å². The second-order valence-corrected chi connectivity index (χ2v) is 4.00. The highest BCUT2D eigenvalue weighted by molar-refractivity contribution is 5.66. The number of hydrogen-bond acceptors (Lipinski definition) is 3. The third kappa shape index (κ3) is 9.77. The van der Waals surface area contributed by atoms with Gasteiger partial charge in [0.1, 0.15) is 0 Å². The molecule has 0 aliphatic rings. The van der Waals surface area contributed by atoms with Gasteiger partial charge in [0.2, 0.25) is 0 Å². The fourth-order valence-corrected chi connectivity index (χ4v) is 1.47. The largest absolute Gasteiger partial charge is 0.450 e. The Kier molecular flexibility index (Phi) is 10.2. The van der Waals surface area contributed by atoms with E-state index in [4.69, 9.17) is 4.74 Å². The molecule has 0 heterocycles. The van der Waals surface area contributed by atoms with E-state index >= 15 is 0 Å². The average molecular weight is 230 g/mol. The number of ether oxygens (including phenoxy) is 1. The minimum absolute atomic E-state index is 0.331. The molecular formula is C12H26N2O2. The van der Waals surface area contributed by atoms with Crippen LogP contribution >= 0.6 is 0 Å². The smallest absolute Gasteiger partial charge is 0.407 e. The van der Waals surface area contributed by atoms with E-state index in [-0.39, 0.29) is 6.09 Å². The van der Waals surface area contributed by atoms with Crippen molar-refractivity contribution < 1.29 is 9.53 Å². The van der Waals surface area contributed by atoms with Crippen LogP contribution in [-0.2, 0) is 4.74 Å². The summed E-state index contributed by atoms with van der Waals surface area (Å²) in [7, 11) is 0. The maximum atomic E-state index is 10.9. The topological polar surface area (TPSA) is 50.4 Å². The highest BCUT2D eigenvalue weighted by Gasteiger charge is 2.01. The van der Waals surface area contributed by atoms with E-state index in [0.717, 1.165) is 6.54 Å². The maximum absolute atomic E-state index is 10.9. The van der Waals surface area contributed by atoms with Crippen molar-refractivity contribution in [3.63, 3.8) is 0 Å². The molecule has 1 unspecified atom stereocenters. The summed E-state index contributed by atoms with van der Waals surface area (Å²) in [5.74, 6) is 0. The molecule has 1 amide bonds. The lowest BCUT2D eigenvalue weighted by molar-refractivity contribution is 0.152. The molecule has 0 saturated carbocycles. The molecule has 96 valence electrons. The van der Waals surface area contributed by atoms with Gasteiger partial charge in [-0.1, -0.05) is 26.2 Å². The van der Waals surface area contributed by atoms with E-state index in [1.807, 2.05) is 0 Å². The molecule has 0 radical (unpaired) electrons. The summed E-state index contributed by atoms with van der Waals surface area (Å²) in [6.45, 7) is 8.03. The number of nitrogens with one attached hydrogen (secondary N) is 2. The zero-order valence-corrected chi connectivity index (χ0v) is 10.8. The van der Waals surface area contributed by atoms with E-state index in [9.17, 15) is 4.79 Å². The van der Waals surface area contributed by atoms with Crippen LogP contribution in [0.5, 0.6) is 0 Å². The van der Waals surface area contributed by atoms with Crippen molar-refractivity contribution in [1.82, 2.24) is 10.6 Å². The third-order valence-electron chi connectivity index (χ3n) is 2.40. The molecule has 0 aromatic carbocycles. The summed E-state index contributed by atoms with van der Waals surface area (Å²) < 4.78 is 4.75. The Bertz CT molecular complexity index is 174. The zero-order valence-electron chi connectivity index (χ0n) is 10.8. The van der Waals surface area contributed by atoms with Crippen molar-refractivity contribution in [1.29, 1.82) is 0 Å². The molecule has 4 heteroatoms. The van der Waals surface area contributed by atoms with Crippen molar-refractivity contribution in [3.8, 4) is 0 Å². The Labute approximate surface area is 99.1 Å². The SMILES string of the molecule is CCCCCC(C)NCCNC(=O)OCC. The quantitative estimate of drug-likeness (QED) is 0.597. The van der Waals surface area contributed by atoms with Crippen molar-refractivity contribution in [2.24, 2.45) is 0 Å². The van der Waals surface area contributed by atoms with Crippen LogP contribution in [0, 0.1) is 0 Å². The number of unbranched alkanes of at least 4 members (excludes halogenated alkanes) is 2. The predicted molar refractivity (Wildman–Crippen MR) is 66.6 cm³/mol. The Hall–Kier alpha value is -0.770. The molecule has 0 aliphatic heterocycles. The van der Waals surface area contributed by atoms with Gasteiger partial charge in [-0.15, -0.1) is 0 Å². The van der Waals surface area contributed by atoms with E-state index in [1.54, 1.807) is 6.92 Å². The molecule has 0 aromatic heterocycles. The lowest BCUT2D eigenvalue weighted by Gasteiger charge is -2.13. The first-order valence-electron chi connectivity index (χ1n) is 6.34. The first-order valence-corrected chi connectivity index (χ1v) is 6.34. The summed E-state index contributed by atoms with van der Waals surface area (Å²) in [5.41, 5.74) is 0. The molecule has 0 saturated heterocycles. The second kappa shape index (κ2) is 10.7. The molecule has 0 bridgehead atoms. The van der Waals surface area contributed by atoms with Gasteiger partial charge in [-0.25, -0.2) is 4.79 Å². The first kappa shape index (κ1) is 15.2. The Balaban J connectivity index is 3.26. The van der Waals surface area contributed by atoms with Gasteiger partial charge in [-0.2, -0.15) is 0 Å². The number of carbonyl (C=O) groups is 1. The third-order valence-corrected chi connectivity index (χ3v) is 2.40. The highest BCUT2D eigenvalue weighted by atomic mass is 16.5. The number of hydrogen-bond donors (Lipinski definition) is 2. The van der Waals surface area contributed by atoms with Crippen molar-refractivity contribution >= 4 is 6.09 Å². The number of rotatable bonds is 9. The van der Waals surface area contributed by atoms with Crippen LogP contribution in [0.3, 0.4) is 0 Å². The lowest BCUT2D eigenvalue weighted by atomic mass is 10.1. The van der Waals surface area contributed by atoms with Crippen molar-refractivity contribution in [3.05, 3.63) is 0 Å². The second-order valence-electron chi connectivity index (χ2n) is 4.00. The molecule has 16 heavy (non-hydrogen) atoms. The molecule has 4 nitrogen and oxygen atoms in total. The fourth-order valence-electron chi connectivity index (χ4n) is 1.47. The van der Waals surface area contributed by atoms with E-state index in [1.165, 1.54) is 25.7 Å². The first-order chi connectivity index (χ1) is 7.70. The fraction of sp³-hybridized carbons (Fsp3) is 0.917. The van der Waals surface area contributed by atoms with Gasteiger partial charge in [0.25, 0.3) is 0 Å². The van der Waals surface area contributed by atoms with Gasteiger partial charge >= 0.3 is 6.09 Å². The van der Waals surface area contributed by atoms with Crippen LogP contribution in [-0.4, -0.2) is 31.8 Å². The Morgan fingerprint density at radius 2 is 2.00 bits per heavy atom. The molecular weight excluding hydrogens is 204 g/mol. The summed E-state index contributed by atoms with van der Waals surface area (Å²) in [4.78, 5) is 10.9. The lowest BCUT2D eigenvalue weighted by Crippen LogP contribution is -2.36. The standard InChI is InChI=1S/C12H26N2O2/c1-4-6-7-8-11(3)13-9-10-14-12(15)16-5-2/h11,13H,4-10H2,1-3H3,(H,14,15). The summed E-state index contributed by atoms with van der Waals surface area (Å²) >= 11 is 0. The normalized spacial score (nSPS) is 12.2. The van der Waals surface area contributed by atoms with Gasteiger partial charge in [0, 0.05) is 19.1 Å². The van der Waals surface area contributed by atoms with Gasteiger partial charge < -0.3 is 15.4 Å². The highest BCUT2D eigenvalue weighted by Crippen LogP contribution is 2.02. The molecule has 0 spiro atoms. The van der Waals surface area contributed by atoms with Crippen LogP contribution < -0.4 is 10.6 Å². The van der Waals surface area contributed by atoms with E-state index < -0.39 is 0 Å². The van der Waals surface area contributed by atoms with Crippen LogP contribution in [0.2, 0.25) is 0 Å². The molecule has 1 atom stereocenters. The van der Waals surface area contributed by atoms with Gasteiger partial charge in [0.15, 0.2) is 0 Å². The molecule has 0 rings (SSSR count). The van der Waals surface area contributed by atoms with Crippen LogP contribution in [0.25, 0.3) is 0 Å². The molecule has 0 fully saturated rings. The van der Waals surface area contributed by atoms with Crippen LogP contribution in [0.15, 0.2) is 0 Å². The minimum atomic E-state index is -0.331. The van der Waals surface area contributed by atoms with E-state index in [0.29, 0.717) is 19.2 Å². The summed E-state index contributed by atoms with van der Waals surface area (Å²) in [5, 5.41) is 6.05. The Morgan fingerprint density at radius 1 is 1.25 bits per heavy atom.